The maximum absolute atomic E-state index is 13.2. The first-order valence-corrected chi connectivity index (χ1v) is 8.80. The van der Waals surface area contributed by atoms with E-state index in [2.05, 4.69) is 6.07 Å². The molecule has 5 nitrogen and oxygen atoms in total. The molecule has 1 N–H and O–H groups in total. The van der Waals surface area contributed by atoms with Gasteiger partial charge in [-0.2, -0.15) is 0 Å². The highest BCUT2D eigenvalue weighted by Crippen LogP contribution is 2.49. The number of anilines is 1. The lowest BCUT2D eigenvalue weighted by molar-refractivity contribution is -0.118. The van der Waals surface area contributed by atoms with Gasteiger partial charge in [-0.1, -0.05) is 24.6 Å². The third kappa shape index (κ3) is 2.11. The molecule has 0 aromatic heterocycles. The quantitative estimate of drug-likeness (QED) is 0.867. The van der Waals surface area contributed by atoms with Gasteiger partial charge in [0.05, 0.1) is 11.6 Å². The second-order valence-electron chi connectivity index (χ2n) is 6.85. The van der Waals surface area contributed by atoms with Crippen LogP contribution < -0.4 is 14.4 Å². The molecular formula is C20H19NO4. The molecule has 0 saturated heterocycles. The van der Waals surface area contributed by atoms with Crippen molar-refractivity contribution in [1.82, 2.24) is 0 Å². The highest BCUT2D eigenvalue weighted by Gasteiger charge is 2.41. The van der Waals surface area contributed by atoms with Crippen molar-refractivity contribution < 1.29 is 19.4 Å². The van der Waals surface area contributed by atoms with E-state index in [0.717, 1.165) is 43.5 Å². The second kappa shape index (κ2) is 5.41. The second-order valence-corrected chi connectivity index (χ2v) is 6.85. The molecule has 5 heteroatoms. The smallest absolute Gasteiger partial charge is 0.239 e. The highest BCUT2D eigenvalue weighted by molar-refractivity contribution is 6.08. The van der Waals surface area contributed by atoms with Gasteiger partial charge in [-0.05, 0) is 36.5 Å². The van der Waals surface area contributed by atoms with Crippen molar-refractivity contribution in [3.8, 4) is 17.2 Å². The Morgan fingerprint density at radius 3 is 2.76 bits per heavy atom. The summed E-state index contributed by atoms with van der Waals surface area (Å²) in [4.78, 5) is 15.2. The number of ether oxygens (including phenoxy) is 2. The molecule has 3 aliphatic heterocycles. The van der Waals surface area contributed by atoms with E-state index in [-0.39, 0.29) is 18.4 Å². The number of aromatic hydroxyl groups is 1. The molecule has 2 aromatic rings. The van der Waals surface area contributed by atoms with Crippen molar-refractivity contribution in [3.05, 3.63) is 47.0 Å². The molecule has 5 rings (SSSR count). The van der Waals surface area contributed by atoms with Gasteiger partial charge in [-0.3, -0.25) is 4.79 Å². The topological polar surface area (TPSA) is 59.0 Å². The Hall–Kier alpha value is -2.69. The Balaban J connectivity index is 1.68. The molecule has 2 aromatic carbocycles. The first kappa shape index (κ1) is 14.6. The minimum atomic E-state index is -0.484. The molecular weight excluding hydrogens is 318 g/mol. The van der Waals surface area contributed by atoms with E-state index < -0.39 is 5.92 Å². The lowest BCUT2D eigenvalue weighted by atomic mass is 9.90. The maximum Gasteiger partial charge on any atom is 0.239 e. The number of nitrogens with zero attached hydrogens (tertiary/aromatic N) is 1. The zero-order chi connectivity index (χ0) is 17.0. The van der Waals surface area contributed by atoms with E-state index in [1.807, 2.05) is 17.0 Å². The number of hydrogen-bond donors (Lipinski definition) is 1. The van der Waals surface area contributed by atoms with E-state index in [1.165, 1.54) is 5.56 Å². The fraction of sp³-hybridized carbons (Fsp3) is 0.350. The molecule has 0 fully saturated rings. The van der Waals surface area contributed by atoms with Crippen molar-refractivity contribution >= 4 is 11.6 Å². The third-order valence-corrected chi connectivity index (χ3v) is 5.41. The lowest BCUT2D eigenvalue weighted by Crippen LogP contribution is -2.31. The van der Waals surface area contributed by atoms with Crippen LogP contribution in [0.4, 0.5) is 5.69 Å². The van der Waals surface area contributed by atoms with Crippen molar-refractivity contribution in [2.75, 3.05) is 18.2 Å². The van der Waals surface area contributed by atoms with Gasteiger partial charge in [0, 0.05) is 18.2 Å². The predicted molar refractivity (Wildman–Crippen MR) is 92.4 cm³/mol. The molecule has 0 aliphatic carbocycles. The van der Waals surface area contributed by atoms with Crippen LogP contribution in [0, 0.1) is 0 Å². The van der Waals surface area contributed by atoms with Crippen molar-refractivity contribution in [1.29, 1.82) is 0 Å². The first-order chi connectivity index (χ1) is 12.2. The number of benzene rings is 2. The number of rotatable bonds is 1. The molecule has 25 heavy (non-hydrogen) atoms. The summed E-state index contributed by atoms with van der Waals surface area (Å²) in [6.07, 6.45) is 4.29. The molecule has 128 valence electrons. The maximum atomic E-state index is 13.2. The molecule has 0 radical (unpaired) electrons. The first-order valence-electron chi connectivity index (χ1n) is 8.80. The Morgan fingerprint density at radius 1 is 1.04 bits per heavy atom. The van der Waals surface area contributed by atoms with E-state index >= 15 is 0 Å². The fourth-order valence-corrected chi connectivity index (χ4v) is 4.24. The van der Waals surface area contributed by atoms with E-state index in [4.69, 9.17) is 9.47 Å². The van der Waals surface area contributed by atoms with E-state index in [9.17, 15) is 9.90 Å². The van der Waals surface area contributed by atoms with Crippen LogP contribution in [0.15, 0.2) is 30.3 Å². The summed E-state index contributed by atoms with van der Waals surface area (Å²) in [5.74, 6) is 0.744. The summed E-state index contributed by atoms with van der Waals surface area (Å²) in [6.45, 7) is 0.883. The molecule has 1 atom stereocenters. The summed E-state index contributed by atoms with van der Waals surface area (Å²) in [5.41, 5.74) is 3.86. The monoisotopic (exact) mass is 337 g/mol. The van der Waals surface area contributed by atoms with Crippen LogP contribution >= 0.6 is 0 Å². The zero-order valence-corrected chi connectivity index (χ0v) is 13.8. The van der Waals surface area contributed by atoms with Crippen LogP contribution in [0.25, 0.3) is 0 Å². The number of hydrogen-bond acceptors (Lipinski definition) is 4. The van der Waals surface area contributed by atoms with Crippen LogP contribution in [0.5, 0.6) is 17.2 Å². The minimum absolute atomic E-state index is 0.0403. The fourth-order valence-electron chi connectivity index (χ4n) is 4.24. The molecule has 3 aliphatic rings. The SMILES string of the molecule is O=C1C(c2cc3c(cc2O)OCO3)c2cccc3c2N1CCCCC3. The largest absolute Gasteiger partial charge is 0.507 e. The Labute approximate surface area is 145 Å². The lowest BCUT2D eigenvalue weighted by Gasteiger charge is -2.23. The number of fused-ring (bicyclic) bond motifs is 1. The molecule has 0 saturated carbocycles. The van der Waals surface area contributed by atoms with Gasteiger partial charge in [0.15, 0.2) is 11.5 Å². The number of aryl methyl sites for hydroxylation is 1. The highest BCUT2D eigenvalue weighted by atomic mass is 16.7. The van der Waals surface area contributed by atoms with Gasteiger partial charge in [-0.15, -0.1) is 0 Å². The van der Waals surface area contributed by atoms with Gasteiger partial charge >= 0.3 is 0 Å². The molecule has 3 heterocycles. The van der Waals surface area contributed by atoms with E-state index in [1.54, 1.807) is 12.1 Å². The number of carbonyl (C=O) groups excluding carboxylic acids is 1. The van der Waals surface area contributed by atoms with Crippen LogP contribution in [0.3, 0.4) is 0 Å². The summed E-state index contributed by atoms with van der Waals surface area (Å²) in [6, 6.07) is 9.44. The molecule has 1 unspecified atom stereocenters. The van der Waals surface area contributed by atoms with Crippen LogP contribution in [-0.4, -0.2) is 24.4 Å². The number of phenolic OH excluding ortho intramolecular Hbond substituents is 1. The van der Waals surface area contributed by atoms with Crippen molar-refractivity contribution in [2.24, 2.45) is 0 Å². The van der Waals surface area contributed by atoms with Crippen molar-refractivity contribution in [2.45, 2.75) is 31.6 Å². The summed E-state index contributed by atoms with van der Waals surface area (Å²) < 4.78 is 10.8. The number of phenols is 1. The van der Waals surface area contributed by atoms with Crippen LogP contribution in [-0.2, 0) is 11.2 Å². The van der Waals surface area contributed by atoms with Gasteiger partial charge in [0.2, 0.25) is 12.7 Å². The predicted octanol–water partition coefficient (Wildman–Crippen LogP) is 3.33. The Bertz CT molecular complexity index is 876. The van der Waals surface area contributed by atoms with Gasteiger partial charge in [0.1, 0.15) is 5.75 Å². The normalized spacial score (nSPS) is 21.0. The number of para-hydroxylation sites is 1. The molecule has 0 bridgehead atoms. The third-order valence-electron chi connectivity index (χ3n) is 5.41. The minimum Gasteiger partial charge on any atom is -0.507 e. The Kier molecular flexibility index (Phi) is 3.17. The summed E-state index contributed by atoms with van der Waals surface area (Å²) in [7, 11) is 0. The van der Waals surface area contributed by atoms with E-state index in [0.29, 0.717) is 17.1 Å². The molecule has 0 spiro atoms. The van der Waals surface area contributed by atoms with Gasteiger partial charge < -0.3 is 19.5 Å². The number of carbonyl (C=O) groups is 1. The molecule has 1 amide bonds. The van der Waals surface area contributed by atoms with Crippen LogP contribution in [0.2, 0.25) is 0 Å². The summed E-state index contributed by atoms with van der Waals surface area (Å²) >= 11 is 0. The van der Waals surface area contributed by atoms with Crippen LogP contribution in [0.1, 0.15) is 41.9 Å². The zero-order valence-electron chi connectivity index (χ0n) is 13.8. The summed E-state index contributed by atoms with van der Waals surface area (Å²) in [5, 5.41) is 10.5. The Morgan fingerprint density at radius 2 is 1.88 bits per heavy atom. The standard InChI is InChI=1S/C20H19NO4/c22-15-10-17-16(24-11-25-17)9-14(15)18-13-7-4-6-12-5-2-1-3-8-21(19(12)13)20(18)23/h4,6-7,9-10,18,22H,1-3,5,8,11H2. The van der Waals surface area contributed by atoms with Gasteiger partial charge in [0.25, 0.3) is 0 Å². The average molecular weight is 337 g/mol. The van der Waals surface area contributed by atoms with Gasteiger partial charge in [-0.25, -0.2) is 0 Å². The average Bonchev–Trinajstić information content (AvgIpc) is 3.13. The van der Waals surface area contributed by atoms with Crippen molar-refractivity contribution in [3.63, 3.8) is 0 Å². The number of amides is 1.